The average molecular weight is 421 g/mol. The van der Waals surface area contributed by atoms with Crippen molar-refractivity contribution in [2.75, 3.05) is 0 Å². The highest BCUT2D eigenvalue weighted by Gasteiger charge is 2.21. The van der Waals surface area contributed by atoms with Crippen molar-refractivity contribution in [3.8, 4) is 22.0 Å². The van der Waals surface area contributed by atoms with Crippen molar-refractivity contribution in [2.24, 2.45) is 0 Å². The third kappa shape index (κ3) is 3.78. The summed E-state index contributed by atoms with van der Waals surface area (Å²) in [5.74, 6) is -0.738. The number of para-hydroxylation sites is 1. The molecular formula is C24H21FN2O2S. The molecule has 0 saturated heterocycles. The zero-order valence-electron chi connectivity index (χ0n) is 16.7. The van der Waals surface area contributed by atoms with Gasteiger partial charge in [0, 0.05) is 16.0 Å². The first kappa shape index (κ1) is 20.0. The molecule has 0 aliphatic rings. The Bertz CT molecular complexity index is 1260. The van der Waals surface area contributed by atoms with Crippen LogP contribution in [0.15, 0.2) is 65.5 Å². The molecule has 0 fully saturated rings. The van der Waals surface area contributed by atoms with Gasteiger partial charge >= 0.3 is 0 Å². The van der Waals surface area contributed by atoms with Crippen LogP contribution in [0.4, 0.5) is 4.39 Å². The Labute approximate surface area is 177 Å². The number of rotatable bonds is 5. The van der Waals surface area contributed by atoms with E-state index in [1.807, 2.05) is 49.4 Å². The van der Waals surface area contributed by atoms with Gasteiger partial charge in [0.25, 0.3) is 5.56 Å². The highest BCUT2D eigenvalue weighted by atomic mass is 32.1. The largest absolute Gasteiger partial charge is 0.504 e. The standard InChI is InChI=1S/C24H21FN2O2S/c1-15-11-14-21(30-15)27-16(2)26-22(18-9-6-10-20(25)23(18)28)19(24(27)29)13-12-17-7-4-3-5-8-17/h3-11,14,28H,12-13H2,1-2H3. The summed E-state index contributed by atoms with van der Waals surface area (Å²) in [7, 11) is 0. The first-order valence-electron chi connectivity index (χ1n) is 9.67. The second-order valence-electron chi connectivity index (χ2n) is 7.13. The first-order chi connectivity index (χ1) is 14.5. The van der Waals surface area contributed by atoms with E-state index in [4.69, 9.17) is 0 Å². The van der Waals surface area contributed by atoms with Gasteiger partial charge in [-0.3, -0.25) is 9.36 Å². The quantitative estimate of drug-likeness (QED) is 0.482. The van der Waals surface area contributed by atoms with E-state index in [2.05, 4.69) is 4.98 Å². The van der Waals surface area contributed by atoms with Crippen LogP contribution in [0.5, 0.6) is 5.75 Å². The van der Waals surface area contributed by atoms with E-state index in [-0.39, 0.29) is 11.1 Å². The summed E-state index contributed by atoms with van der Waals surface area (Å²) < 4.78 is 15.6. The smallest absolute Gasteiger partial charge is 0.262 e. The molecule has 4 nitrogen and oxygen atoms in total. The Morgan fingerprint density at radius 1 is 1.00 bits per heavy atom. The lowest BCUT2D eigenvalue weighted by Crippen LogP contribution is -2.26. The number of halogens is 1. The lowest BCUT2D eigenvalue weighted by atomic mass is 9.99. The van der Waals surface area contributed by atoms with Gasteiger partial charge in [0.2, 0.25) is 0 Å². The zero-order valence-corrected chi connectivity index (χ0v) is 17.5. The number of benzene rings is 2. The van der Waals surface area contributed by atoms with Crippen molar-refractivity contribution >= 4 is 11.3 Å². The second-order valence-corrected chi connectivity index (χ2v) is 8.40. The van der Waals surface area contributed by atoms with Gasteiger partial charge in [-0.2, -0.15) is 0 Å². The van der Waals surface area contributed by atoms with Gasteiger partial charge in [-0.15, -0.1) is 11.3 Å². The maximum atomic E-state index is 14.0. The van der Waals surface area contributed by atoms with E-state index in [9.17, 15) is 14.3 Å². The van der Waals surface area contributed by atoms with E-state index in [0.717, 1.165) is 15.4 Å². The third-order valence-electron chi connectivity index (χ3n) is 5.04. The molecule has 152 valence electrons. The molecule has 2 aromatic heterocycles. The SMILES string of the molecule is Cc1ccc(-n2c(C)nc(-c3cccc(F)c3O)c(CCc3ccccc3)c2=O)s1. The van der Waals surface area contributed by atoms with Gasteiger partial charge in [-0.25, -0.2) is 9.37 Å². The Hall–Kier alpha value is -3.25. The summed E-state index contributed by atoms with van der Waals surface area (Å²) >= 11 is 1.51. The van der Waals surface area contributed by atoms with Crippen LogP contribution in [-0.4, -0.2) is 14.7 Å². The van der Waals surface area contributed by atoms with Crippen LogP contribution >= 0.6 is 11.3 Å². The van der Waals surface area contributed by atoms with Crippen molar-refractivity contribution in [3.63, 3.8) is 0 Å². The number of aromatic hydroxyl groups is 1. The van der Waals surface area contributed by atoms with Gasteiger partial charge in [0.1, 0.15) is 10.8 Å². The topological polar surface area (TPSA) is 55.1 Å². The number of hydrogen-bond donors (Lipinski definition) is 1. The van der Waals surface area contributed by atoms with Crippen LogP contribution in [0.2, 0.25) is 0 Å². The van der Waals surface area contributed by atoms with Gasteiger partial charge in [0.05, 0.1) is 5.69 Å². The summed E-state index contributed by atoms with van der Waals surface area (Å²) in [6.45, 7) is 3.73. The lowest BCUT2D eigenvalue weighted by molar-refractivity contribution is 0.434. The fourth-order valence-corrected chi connectivity index (χ4v) is 4.44. The molecule has 2 aromatic carbocycles. The summed E-state index contributed by atoms with van der Waals surface area (Å²) in [6.07, 6.45) is 1.05. The Morgan fingerprint density at radius 2 is 1.77 bits per heavy atom. The number of thiophene rings is 1. The molecule has 0 amide bonds. The zero-order chi connectivity index (χ0) is 21.3. The average Bonchev–Trinajstić information content (AvgIpc) is 3.15. The summed E-state index contributed by atoms with van der Waals surface area (Å²) in [4.78, 5) is 19.3. The molecule has 0 saturated carbocycles. The first-order valence-corrected chi connectivity index (χ1v) is 10.5. The minimum atomic E-state index is -0.737. The van der Waals surface area contributed by atoms with Crippen molar-refractivity contribution < 1.29 is 9.50 Å². The lowest BCUT2D eigenvalue weighted by Gasteiger charge is -2.15. The predicted octanol–water partition coefficient (Wildman–Crippen LogP) is 5.21. The van der Waals surface area contributed by atoms with Crippen molar-refractivity contribution in [1.82, 2.24) is 9.55 Å². The number of hydrogen-bond acceptors (Lipinski definition) is 4. The van der Waals surface area contributed by atoms with E-state index in [1.54, 1.807) is 17.6 Å². The van der Waals surface area contributed by atoms with E-state index in [0.29, 0.717) is 29.9 Å². The number of phenols is 1. The Kier molecular flexibility index (Phi) is 5.50. The van der Waals surface area contributed by atoms with Crippen molar-refractivity contribution in [3.05, 3.63) is 98.7 Å². The maximum Gasteiger partial charge on any atom is 0.262 e. The molecular weight excluding hydrogens is 399 g/mol. The second kappa shape index (κ2) is 8.24. The summed E-state index contributed by atoms with van der Waals surface area (Å²) in [6, 6.07) is 18.0. The Morgan fingerprint density at radius 3 is 2.47 bits per heavy atom. The molecule has 0 spiro atoms. The fraction of sp³-hybridized carbons (Fsp3) is 0.167. The molecule has 2 heterocycles. The maximum absolute atomic E-state index is 14.0. The number of aromatic nitrogens is 2. The van der Waals surface area contributed by atoms with Crippen molar-refractivity contribution in [1.29, 1.82) is 0 Å². The van der Waals surface area contributed by atoms with Gasteiger partial charge < -0.3 is 5.11 Å². The molecule has 0 aliphatic heterocycles. The molecule has 0 aliphatic carbocycles. The minimum absolute atomic E-state index is 0.195. The fourth-order valence-electron chi connectivity index (χ4n) is 3.53. The molecule has 4 aromatic rings. The normalized spacial score (nSPS) is 11.0. The Balaban J connectivity index is 1.90. The van der Waals surface area contributed by atoms with E-state index in [1.165, 1.54) is 23.5 Å². The molecule has 4 rings (SSSR count). The summed E-state index contributed by atoms with van der Waals surface area (Å²) in [5, 5.41) is 11.1. The van der Waals surface area contributed by atoms with Crippen LogP contribution in [0.1, 0.15) is 21.8 Å². The van der Waals surface area contributed by atoms with E-state index < -0.39 is 11.6 Å². The minimum Gasteiger partial charge on any atom is -0.504 e. The number of nitrogens with zero attached hydrogens (tertiary/aromatic N) is 2. The van der Waals surface area contributed by atoms with Crippen LogP contribution in [-0.2, 0) is 12.8 Å². The molecule has 6 heteroatoms. The molecule has 30 heavy (non-hydrogen) atoms. The van der Waals surface area contributed by atoms with Gasteiger partial charge in [-0.1, -0.05) is 36.4 Å². The highest BCUT2D eigenvalue weighted by Crippen LogP contribution is 2.32. The monoisotopic (exact) mass is 420 g/mol. The highest BCUT2D eigenvalue weighted by molar-refractivity contribution is 7.14. The molecule has 1 N–H and O–H groups in total. The van der Waals surface area contributed by atoms with Crippen molar-refractivity contribution in [2.45, 2.75) is 26.7 Å². The molecule has 0 bridgehead atoms. The molecule has 0 atom stereocenters. The molecule has 0 unspecified atom stereocenters. The van der Waals surface area contributed by atoms with E-state index >= 15 is 0 Å². The van der Waals surface area contributed by atoms with Crippen LogP contribution in [0.25, 0.3) is 16.3 Å². The van der Waals surface area contributed by atoms with Crippen LogP contribution in [0.3, 0.4) is 0 Å². The molecule has 0 radical (unpaired) electrons. The van der Waals surface area contributed by atoms with Gasteiger partial charge in [0.15, 0.2) is 11.6 Å². The van der Waals surface area contributed by atoms with Gasteiger partial charge in [-0.05, 0) is 56.5 Å². The summed E-state index contributed by atoms with van der Waals surface area (Å²) in [5.41, 5.74) is 1.91. The third-order valence-corrected chi connectivity index (χ3v) is 6.03. The number of aryl methyl sites for hydroxylation is 3. The van der Waals surface area contributed by atoms with Crippen LogP contribution in [0, 0.1) is 19.7 Å². The predicted molar refractivity (Wildman–Crippen MR) is 118 cm³/mol. The number of phenolic OH excluding ortho intramolecular Hbond substituents is 1. The van der Waals surface area contributed by atoms with Crippen LogP contribution < -0.4 is 5.56 Å².